The molecule has 0 spiro atoms. The molecule has 4 aromatic rings. The summed E-state index contributed by atoms with van der Waals surface area (Å²) in [7, 11) is 0. The lowest BCUT2D eigenvalue weighted by Gasteiger charge is -2.19. The van der Waals surface area contributed by atoms with Gasteiger partial charge in [0.1, 0.15) is 5.82 Å². The highest BCUT2D eigenvalue weighted by Gasteiger charge is 2.16. The predicted octanol–water partition coefficient (Wildman–Crippen LogP) is 6.63. The standard InChI is InChI=1S/C27H22FNO2S/c28-24-11-7-22(8-12-24)27(29-26(30)15-6-20-16-17-31-18-20)23-9-13-25(14-10-23)32-19-21-4-2-1-3-5-21/h1-18,27H,19H2,(H,29,30)/b15-6+. The molecule has 3 nitrogen and oxygen atoms in total. The maximum Gasteiger partial charge on any atom is 0.244 e. The maximum atomic E-state index is 13.5. The van der Waals surface area contributed by atoms with Crippen LogP contribution < -0.4 is 5.32 Å². The van der Waals surface area contributed by atoms with Gasteiger partial charge in [0.25, 0.3) is 0 Å². The molecule has 0 aliphatic carbocycles. The zero-order chi connectivity index (χ0) is 22.2. The summed E-state index contributed by atoms with van der Waals surface area (Å²) in [6.07, 6.45) is 6.26. The number of amides is 1. The van der Waals surface area contributed by atoms with Crippen LogP contribution in [0.3, 0.4) is 0 Å². The van der Waals surface area contributed by atoms with Crippen molar-refractivity contribution in [3.05, 3.63) is 132 Å². The van der Waals surface area contributed by atoms with Crippen molar-refractivity contribution in [2.45, 2.75) is 16.7 Å². The average molecular weight is 444 g/mol. The molecule has 160 valence electrons. The first-order valence-electron chi connectivity index (χ1n) is 10.2. The molecule has 0 saturated carbocycles. The fraction of sp³-hybridized carbons (Fsp3) is 0.0741. The van der Waals surface area contributed by atoms with Gasteiger partial charge in [-0.25, -0.2) is 4.39 Å². The van der Waals surface area contributed by atoms with E-state index < -0.39 is 6.04 Å². The van der Waals surface area contributed by atoms with Gasteiger partial charge in [0.05, 0.1) is 18.6 Å². The fourth-order valence-electron chi connectivity index (χ4n) is 3.24. The lowest BCUT2D eigenvalue weighted by molar-refractivity contribution is -0.116. The second-order valence-corrected chi connectivity index (χ2v) is 8.28. The van der Waals surface area contributed by atoms with Crippen LogP contribution in [-0.2, 0) is 10.5 Å². The summed E-state index contributed by atoms with van der Waals surface area (Å²) in [5.41, 5.74) is 3.80. The Kier molecular flexibility index (Phi) is 7.20. The molecule has 32 heavy (non-hydrogen) atoms. The maximum absolute atomic E-state index is 13.5. The van der Waals surface area contributed by atoms with Crippen molar-refractivity contribution in [2.75, 3.05) is 0 Å². The van der Waals surface area contributed by atoms with Crippen LogP contribution >= 0.6 is 11.8 Å². The summed E-state index contributed by atoms with van der Waals surface area (Å²) in [4.78, 5) is 13.7. The van der Waals surface area contributed by atoms with Crippen LogP contribution in [0.15, 0.2) is 113 Å². The number of rotatable bonds is 8. The first kappa shape index (κ1) is 21.7. The minimum absolute atomic E-state index is 0.247. The highest BCUT2D eigenvalue weighted by molar-refractivity contribution is 7.98. The summed E-state index contributed by atoms with van der Waals surface area (Å²) < 4.78 is 18.5. The number of thioether (sulfide) groups is 1. The van der Waals surface area contributed by atoms with E-state index in [1.165, 1.54) is 23.8 Å². The van der Waals surface area contributed by atoms with Crippen molar-refractivity contribution in [2.24, 2.45) is 0 Å². The van der Waals surface area contributed by atoms with Gasteiger partial charge in [-0.05, 0) is 53.1 Å². The number of hydrogen-bond acceptors (Lipinski definition) is 3. The molecule has 0 saturated heterocycles. The third kappa shape index (κ3) is 5.99. The number of hydrogen-bond donors (Lipinski definition) is 1. The smallest absolute Gasteiger partial charge is 0.244 e. The van der Waals surface area contributed by atoms with Gasteiger partial charge in [-0.3, -0.25) is 4.79 Å². The molecule has 0 radical (unpaired) electrons. The zero-order valence-corrected chi connectivity index (χ0v) is 18.1. The quantitative estimate of drug-likeness (QED) is 0.245. The summed E-state index contributed by atoms with van der Waals surface area (Å²) in [6, 6.07) is 26.0. The van der Waals surface area contributed by atoms with Gasteiger partial charge in [0.2, 0.25) is 5.91 Å². The number of halogens is 1. The Balaban J connectivity index is 1.50. The molecular weight excluding hydrogens is 421 g/mol. The first-order chi connectivity index (χ1) is 15.7. The molecule has 4 rings (SSSR count). The van der Waals surface area contributed by atoms with Crippen molar-refractivity contribution in [3.63, 3.8) is 0 Å². The third-order valence-corrected chi connectivity index (χ3v) is 6.01. The van der Waals surface area contributed by atoms with Gasteiger partial charge in [-0.1, -0.05) is 54.6 Å². The lowest BCUT2D eigenvalue weighted by atomic mass is 9.98. The molecule has 0 aliphatic rings. The Hall–Kier alpha value is -3.57. The van der Waals surface area contributed by atoms with E-state index in [0.717, 1.165) is 27.3 Å². The van der Waals surface area contributed by atoms with Crippen LogP contribution in [0.25, 0.3) is 6.08 Å². The fourth-order valence-corrected chi connectivity index (χ4v) is 4.10. The highest BCUT2D eigenvalue weighted by Crippen LogP contribution is 2.27. The normalized spacial score (nSPS) is 12.0. The molecule has 0 bridgehead atoms. The largest absolute Gasteiger partial charge is 0.472 e. The molecule has 1 N–H and O–H groups in total. The monoisotopic (exact) mass is 443 g/mol. The molecule has 5 heteroatoms. The van der Waals surface area contributed by atoms with E-state index >= 15 is 0 Å². The molecule has 1 aromatic heterocycles. The second kappa shape index (κ2) is 10.6. The van der Waals surface area contributed by atoms with Crippen LogP contribution in [0.4, 0.5) is 4.39 Å². The van der Waals surface area contributed by atoms with E-state index in [-0.39, 0.29) is 11.7 Å². The lowest BCUT2D eigenvalue weighted by Crippen LogP contribution is -2.27. The van der Waals surface area contributed by atoms with Crippen molar-refractivity contribution >= 4 is 23.7 Å². The number of benzene rings is 3. The van der Waals surface area contributed by atoms with E-state index in [1.807, 2.05) is 42.5 Å². The van der Waals surface area contributed by atoms with E-state index in [2.05, 4.69) is 17.4 Å². The Morgan fingerprint density at radius 2 is 1.62 bits per heavy atom. The van der Waals surface area contributed by atoms with E-state index in [4.69, 9.17) is 4.42 Å². The van der Waals surface area contributed by atoms with Gasteiger partial charge in [-0.2, -0.15) is 0 Å². The van der Waals surface area contributed by atoms with Crippen LogP contribution in [0.1, 0.15) is 28.3 Å². The van der Waals surface area contributed by atoms with Gasteiger partial charge in [-0.15, -0.1) is 11.8 Å². The Morgan fingerprint density at radius 3 is 2.28 bits per heavy atom. The van der Waals surface area contributed by atoms with Crippen LogP contribution in [0.2, 0.25) is 0 Å². The SMILES string of the molecule is O=C(/C=C/c1ccoc1)NC(c1ccc(F)cc1)c1ccc(SCc2ccccc2)cc1. The van der Waals surface area contributed by atoms with Crippen LogP contribution in [0, 0.1) is 5.82 Å². The Labute approximate surface area is 191 Å². The van der Waals surface area contributed by atoms with Crippen LogP contribution in [-0.4, -0.2) is 5.91 Å². The van der Waals surface area contributed by atoms with E-state index in [0.29, 0.717) is 0 Å². The minimum Gasteiger partial charge on any atom is -0.472 e. The highest BCUT2D eigenvalue weighted by atomic mass is 32.2. The first-order valence-corrected chi connectivity index (χ1v) is 11.2. The van der Waals surface area contributed by atoms with E-state index in [1.54, 1.807) is 48.6 Å². The van der Waals surface area contributed by atoms with Crippen molar-refractivity contribution < 1.29 is 13.6 Å². The number of nitrogens with one attached hydrogen (secondary N) is 1. The van der Waals surface area contributed by atoms with Crippen molar-refractivity contribution in [3.8, 4) is 0 Å². The summed E-state index contributed by atoms with van der Waals surface area (Å²) in [5, 5.41) is 3.02. The zero-order valence-electron chi connectivity index (χ0n) is 17.3. The minimum atomic E-state index is -0.398. The number of carbonyl (C=O) groups excluding carboxylic acids is 1. The molecule has 1 atom stereocenters. The van der Waals surface area contributed by atoms with Gasteiger partial charge < -0.3 is 9.73 Å². The molecule has 1 heterocycles. The van der Waals surface area contributed by atoms with Gasteiger partial charge in [0.15, 0.2) is 0 Å². The third-order valence-electron chi connectivity index (χ3n) is 4.92. The number of carbonyl (C=O) groups is 1. The van der Waals surface area contributed by atoms with E-state index in [9.17, 15) is 9.18 Å². The average Bonchev–Trinajstić information content (AvgIpc) is 3.36. The summed E-state index contributed by atoms with van der Waals surface area (Å²) >= 11 is 1.76. The molecule has 0 aliphatic heterocycles. The predicted molar refractivity (Wildman–Crippen MR) is 127 cm³/mol. The summed E-state index contributed by atoms with van der Waals surface area (Å²) in [6.45, 7) is 0. The van der Waals surface area contributed by atoms with Crippen molar-refractivity contribution in [1.82, 2.24) is 5.32 Å². The molecule has 3 aromatic carbocycles. The molecule has 0 fully saturated rings. The van der Waals surface area contributed by atoms with Gasteiger partial charge >= 0.3 is 0 Å². The Morgan fingerprint density at radius 1 is 0.938 bits per heavy atom. The van der Waals surface area contributed by atoms with Gasteiger partial charge in [0, 0.05) is 22.3 Å². The molecule has 1 amide bonds. The Bertz CT molecular complexity index is 1150. The molecule has 1 unspecified atom stereocenters. The van der Waals surface area contributed by atoms with Crippen molar-refractivity contribution in [1.29, 1.82) is 0 Å². The van der Waals surface area contributed by atoms with Crippen LogP contribution in [0.5, 0.6) is 0 Å². The summed E-state index contributed by atoms with van der Waals surface area (Å²) in [5.74, 6) is 0.325. The second-order valence-electron chi connectivity index (χ2n) is 7.23. The topological polar surface area (TPSA) is 42.2 Å². The number of furan rings is 1. The molecular formula is C27H22FNO2S.